The molecular weight excluding hydrogens is 434 g/mol. The molecule has 0 bridgehead atoms. The number of anilines is 2. The molecule has 0 saturated heterocycles. The average Bonchev–Trinajstić information content (AvgIpc) is 2.77. The zero-order valence-corrected chi connectivity index (χ0v) is 20.6. The van der Waals surface area contributed by atoms with Crippen LogP contribution in [0.5, 0.6) is 5.75 Å². The summed E-state index contributed by atoms with van der Waals surface area (Å²) in [5, 5.41) is 10.4. The van der Waals surface area contributed by atoms with Crippen molar-refractivity contribution in [3.8, 4) is 5.75 Å². The van der Waals surface area contributed by atoms with Gasteiger partial charge in [-0.25, -0.2) is 8.42 Å². The Balaban J connectivity index is 1.77. The lowest BCUT2D eigenvalue weighted by atomic mass is 10.1. The Kier molecular flexibility index (Phi) is 7.43. The van der Waals surface area contributed by atoms with E-state index in [0.717, 1.165) is 35.5 Å². The second-order valence-corrected chi connectivity index (χ2v) is 9.73. The first kappa shape index (κ1) is 24.3. The van der Waals surface area contributed by atoms with Crippen LogP contribution in [0.3, 0.4) is 0 Å². The Morgan fingerprint density at radius 2 is 1.55 bits per heavy atom. The van der Waals surface area contributed by atoms with Crippen LogP contribution in [0.15, 0.2) is 64.5 Å². The summed E-state index contributed by atoms with van der Waals surface area (Å²) < 4.78 is 28.5. The minimum absolute atomic E-state index is 0.149. The fourth-order valence-corrected chi connectivity index (χ4v) is 5.02. The van der Waals surface area contributed by atoms with E-state index in [0.29, 0.717) is 16.9 Å². The summed E-state index contributed by atoms with van der Waals surface area (Å²) in [7, 11) is -3.73. The van der Waals surface area contributed by atoms with Crippen LogP contribution in [0.4, 0.5) is 17.1 Å². The highest BCUT2D eigenvalue weighted by atomic mass is 32.2. The van der Waals surface area contributed by atoms with Crippen molar-refractivity contribution < 1.29 is 13.5 Å². The van der Waals surface area contributed by atoms with Crippen LogP contribution in [-0.2, 0) is 10.0 Å². The molecule has 0 aliphatic carbocycles. The molecule has 2 N–H and O–H groups in total. The number of phenols is 1. The standard InChI is InChI=1S/C26H31N3O3S/c1-6-29(7-2)23-11-8-21(25(30)16-23)17-27-22-9-12-24(13-10-22)33(31,32)28-26-19(4)14-18(3)15-20(26)5/h8-17,28,30H,6-7H2,1-5H3. The number of benzene rings is 3. The molecule has 0 fully saturated rings. The van der Waals surface area contributed by atoms with E-state index >= 15 is 0 Å². The van der Waals surface area contributed by atoms with Gasteiger partial charge in [0.1, 0.15) is 5.75 Å². The van der Waals surface area contributed by atoms with Gasteiger partial charge in [-0.1, -0.05) is 17.7 Å². The van der Waals surface area contributed by atoms with Gasteiger partial charge in [0.15, 0.2) is 0 Å². The lowest BCUT2D eigenvalue weighted by Gasteiger charge is -2.21. The highest BCUT2D eigenvalue weighted by Gasteiger charge is 2.17. The van der Waals surface area contributed by atoms with Crippen LogP contribution >= 0.6 is 0 Å². The topological polar surface area (TPSA) is 82.0 Å². The highest BCUT2D eigenvalue weighted by molar-refractivity contribution is 7.92. The van der Waals surface area contributed by atoms with Gasteiger partial charge >= 0.3 is 0 Å². The fourth-order valence-electron chi connectivity index (χ4n) is 3.82. The minimum Gasteiger partial charge on any atom is -0.507 e. The lowest BCUT2D eigenvalue weighted by Crippen LogP contribution is -2.21. The molecule has 3 aromatic rings. The predicted molar refractivity (Wildman–Crippen MR) is 137 cm³/mol. The predicted octanol–water partition coefficient (Wildman–Crippen LogP) is 5.72. The number of nitrogens with one attached hydrogen (secondary N) is 1. The van der Waals surface area contributed by atoms with Crippen LogP contribution in [0, 0.1) is 20.8 Å². The monoisotopic (exact) mass is 465 g/mol. The van der Waals surface area contributed by atoms with Crippen molar-refractivity contribution >= 4 is 33.3 Å². The second kappa shape index (κ2) is 10.1. The zero-order valence-electron chi connectivity index (χ0n) is 19.8. The summed E-state index contributed by atoms with van der Waals surface area (Å²) in [6.07, 6.45) is 1.57. The van der Waals surface area contributed by atoms with Gasteiger partial charge in [-0.3, -0.25) is 9.71 Å². The van der Waals surface area contributed by atoms with Crippen LogP contribution in [0.1, 0.15) is 36.1 Å². The number of phenolic OH excluding ortho intramolecular Hbond substituents is 1. The molecule has 174 valence electrons. The third-order valence-electron chi connectivity index (χ3n) is 5.56. The summed E-state index contributed by atoms with van der Waals surface area (Å²) in [6.45, 7) is 11.6. The van der Waals surface area contributed by atoms with Crippen molar-refractivity contribution in [2.24, 2.45) is 4.99 Å². The molecule has 0 atom stereocenters. The summed E-state index contributed by atoms with van der Waals surface area (Å²) in [6, 6.07) is 15.7. The number of aryl methyl sites for hydroxylation is 3. The minimum atomic E-state index is -3.73. The van der Waals surface area contributed by atoms with Gasteiger partial charge in [0.2, 0.25) is 0 Å². The van der Waals surface area contributed by atoms with Gasteiger partial charge in [0, 0.05) is 36.6 Å². The number of aliphatic imine (C=N–C) groups is 1. The number of aromatic hydroxyl groups is 1. The van der Waals surface area contributed by atoms with Gasteiger partial charge in [0.05, 0.1) is 16.3 Å². The Labute approximate surface area is 196 Å². The Hall–Kier alpha value is -3.32. The molecular formula is C26H31N3O3S. The van der Waals surface area contributed by atoms with Crippen molar-refractivity contribution in [1.82, 2.24) is 0 Å². The fraction of sp³-hybridized carbons (Fsp3) is 0.269. The molecule has 3 rings (SSSR count). The Bertz CT molecular complexity index is 1240. The molecule has 0 spiro atoms. The first-order valence-corrected chi connectivity index (χ1v) is 12.5. The summed E-state index contributed by atoms with van der Waals surface area (Å²) in [5.41, 5.74) is 5.58. The summed E-state index contributed by atoms with van der Waals surface area (Å²) in [5.74, 6) is 0.149. The Morgan fingerprint density at radius 1 is 0.939 bits per heavy atom. The van der Waals surface area contributed by atoms with Crippen molar-refractivity contribution in [3.05, 3.63) is 76.9 Å². The van der Waals surface area contributed by atoms with Crippen molar-refractivity contribution in [2.45, 2.75) is 39.5 Å². The smallest absolute Gasteiger partial charge is 0.261 e. The molecule has 0 aliphatic heterocycles. The van der Waals surface area contributed by atoms with E-state index in [2.05, 4.69) is 28.5 Å². The zero-order chi connectivity index (χ0) is 24.2. The number of nitrogens with zero attached hydrogens (tertiary/aromatic N) is 2. The molecule has 0 aliphatic rings. The van der Waals surface area contributed by atoms with E-state index in [-0.39, 0.29) is 10.6 Å². The van der Waals surface area contributed by atoms with Crippen LogP contribution < -0.4 is 9.62 Å². The first-order valence-electron chi connectivity index (χ1n) is 11.0. The third-order valence-corrected chi connectivity index (χ3v) is 6.92. The summed E-state index contributed by atoms with van der Waals surface area (Å²) >= 11 is 0. The van der Waals surface area contributed by atoms with E-state index < -0.39 is 10.0 Å². The van der Waals surface area contributed by atoms with E-state index in [1.54, 1.807) is 24.4 Å². The lowest BCUT2D eigenvalue weighted by molar-refractivity contribution is 0.474. The van der Waals surface area contributed by atoms with Gasteiger partial charge in [0.25, 0.3) is 10.0 Å². The second-order valence-electron chi connectivity index (χ2n) is 8.05. The molecule has 33 heavy (non-hydrogen) atoms. The first-order chi connectivity index (χ1) is 15.6. The summed E-state index contributed by atoms with van der Waals surface area (Å²) in [4.78, 5) is 6.69. The largest absolute Gasteiger partial charge is 0.507 e. The third kappa shape index (κ3) is 5.73. The van der Waals surface area contributed by atoms with Crippen LogP contribution in [0.2, 0.25) is 0 Å². The maximum Gasteiger partial charge on any atom is 0.261 e. The number of rotatable bonds is 8. The molecule has 0 unspecified atom stereocenters. The van der Waals surface area contributed by atoms with E-state index in [1.165, 1.54) is 12.1 Å². The average molecular weight is 466 g/mol. The highest BCUT2D eigenvalue weighted by Crippen LogP contribution is 2.27. The molecule has 7 heteroatoms. The quantitative estimate of drug-likeness (QED) is 0.417. The van der Waals surface area contributed by atoms with Gasteiger partial charge in [-0.05, 0) is 82.1 Å². The van der Waals surface area contributed by atoms with Crippen LogP contribution in [-0.4, -0.2) is 32.8 Å². The van der Waals surface area contributed by atoms with Gasteiger partial charge in [-0.15, -0.1) is 0 Å². The number of sulfonamides is 1. The Morgan fingerprint density at radius 3 is 2.09 bits per heavy atom. The van der Waals surface area contributed by atoms with E-state index in [4.69, 9.17) is 0 Å². The van der Waals surface area contributed by atoms with Crippen molar-refractivity contribution in [1.29, 1.82) is 0 Å². The molecule has 0 amide bonds. The molecule has 0 radical (unpaired) electrons. The van der Waals surface area contributed by atoms with Crippen LogP contribution in [0.25, 0.3) is 0 Å². The van der Waals surface area contributed by atoms with E-state index in [1.807, 2.05) is 45.0 Å². The van der Waals surface area contributed by atoms with Gasteiger partial charge in [-0.2, -0.15) is 0 Å². The number of hydrogen-bond donors (Lipinski definition) is 2. The SMILES string of the molecule is CCN(CC)c1ccc(C=Nc2ccc(S(=O)(=O)Nc3c(C)cc(C)cc3C)cc2)c(O)c1. The molecule has 0 aromatic heterocycles. The number of hydrogen-bond acceptors (Lipinski definition) is 5. The maximum absolute atomic E-state index is 12.9. The molecule has 0 saturated carbocycles. The van der Waals surface area contributed by atoms with Gasteiger partial charge < -0.3 is 10.0 Å². The van der Waals surface area contributed by atoms with Crippen molar-refractivity contribution in [3.63, 3.8) is 0 Å². The van der Waals surface area contributed by atoms with Crippen molar-refractivity contribution in [2.75, 3.05) is 22.7 Å². The normalized spacial score (nSPS) is 11.7. The van der Waals surface area contributed by atoms with E-state index in [9.17, 15) is 13.5 Å². The molecule has 0 heterocycles. The molecule has 6 nitrogen and oxygen atoms in total. The maximum atomic E-state index is 12.9. The molecule has 3 aromatic carbocycles.